The summed E-state index contributed by atoms with van der Waals surface area (Å²) < 4.78 is 5.32. The van der Waals surface area contributed by atoms with E-state index in [0.29, 0.717) is 17.7 Å². The molecule has 0 unspecified atom stereocenters. The molecule has 27 heavy (non-hydrogen) atoms. The number of piperidine rings is 2. The summed E-state index contributed by atoms with van der Waals surface area (Å²) in [5, 5.41) is 4.01. The average Bonchev–Trinajstić information content (AvgIpc) is 3.19. The predicted octanol–water partition coefficient (Wildman–Crippen LogP) is 3.92. The Hall–Kier alpha value is -2.14. The average molecular weight is 367 g/mol. The first-order chi connectivity index (χ1) is 13.1. The largest absolute Gasteiger partial charge is 0.360 e. The summed E-state index contributed by atoms with van der Waals surface area (Å²) >= 11 is 0. The molecule has 1 aromatic carbocycles. The topological polar surface area (TPSA) is 49.6 Å². The molecule has 0 radical (unpaired) electrons. The smallest absolute Gasteiger partial charge is 0.276 e. The molecule has 5 nitrogen and oxygen atoms in total. The van der Waals surface area contributed by atoms with Crippen LogP contribution in [0.15, 0.2) is 40.9 Å². The number of hydrogen-bond acceptors (Lipinski definition) is 4. The minimum Gasteiger partial charge on any atom is -0.360 e. The number of nitrogens with zero attached hydrogens (tertiary/aromatic N) is 3. The van der Waals surface area contributed by atoms with Crippen LogP contribution in [0.25, 0.3) is 0 Å². The number of fused-ring (bicyclic) bond motifs is 1. The van der Waals surface area contributed by atoms with Crippen LogP contribution in [0, 0.1) is 5.92 Å². The fraction of sp³-hybridized carbons (Fsp3) is 0.545. The van der Waals surface area contributed by atoms with Crippen LogP contribution in [0.3, 0.4) is 0 Å². The Morgan fingerprint density at radius 1 is 1.22 bits per heavy atom. The SMILES string of the molecule is CC(C)c1cc(C(=O)N2CC[C@@H]3[C@@H](CCCN3Cc3ccccc3)C2)no1. The lowest BCUT2D eigenvalue weighted by atomic mass is 9.83. The van der Waals surface area contributed by atoms with Crippen molar-refractivity contribution in [1.82, 2.24) is 15.0 Å². The third kappa shape index (κ3) is 3.93. The Morgan fingerprint density at radius 3 is 2.78 bits per heavy atom. The summed E-state index contributed by atoms with van der Waals surface area (Å²) in [6.07, 6.45) is 3.45. The molecule has 1 amide bonds. The van der Waals surface area contributed by atoms with E-state index in [1.165, 1.54) is 18.4 Å². The van der Waals surface area contributed by atoms with Crippen LogP contribution in [0.5, 0.6) is 0 Å². The van der Waals surface area contributed by atoms with Crippen LogP contribution in [-0.4, -0.2) is 46.5 Å². The zero-order chi connectivity index (χ0) is 18.8. The number of rotatable bonds is 4. The molecule has 0 bridgehead atoms. The molecule has 0 N–H and O–H groups in total. The lowest BCUT2D eigenvalue weighted by molar-refractivity contribution is 0.0170. The Labute approximate surface area is 161 Å². The second-order valence-corrected chi connectivity index (χ2v) is 8.23. The number of benzene rings is 1. The summed E-state index contributed by atoms with van der Waals surface area (Å²) in [7, 11) is 0. The van der Waals surface area contributed by atoms with Gasteiger partial charge >= 0.3 is 0 Å². The van der Waals surface area contributed by atoms with Gasteiger partial charge in [0.1, 0.15) is 5.76 Å². The van der Waals surface area contributed by atoms with Gasteiger partial charge in [0.05, 0.1) is 0 Å². The Kier molecular flexibility index (Phi) is 5.30. The summed E-state index contributed by atoms with van der Waals surface area (Å²) in [5.74, 6) is 1.59. The van der Waals surface area contributed by atoms with Crippen molar-refractivity contribution in [1.29, 1.82) is 0 Å². The van der Waals surface area contributed by atoms with Crippen molar-refractivity contribution in [2.75, 3.05) is 19.6 Å². The molecule has 5 heteroatoms. The normalized spacial score (nSPS) is 23.4. The molecule has 0 aliphatic carbocycles. The van der Waals surface area contributed by atoms with Crippen LogP contribution in [0.2, 0.25) is 0 Å². The number of likely N-dealkylation sites (tertiary alicyclic amines) is 2. The molecule has 2 fully saturated rings. The molecule has 3 heterocycles. The molecule has 2 aromatic rings. The van der Waals surface area contributed by atoms with Crippen LogP contribution in [0.1, 0.15) is 60.8 Å². The minimum absolute atomic E-state index is 0.0179. The van der Waals surface area contributed by atoms with Gasteiger partial charge in [0.25, 0.3) is 5.91 Å². The Bertz CT molecular complexity index is 771. The number of carbonyl (C=O) groups excluding carboxylic acids is 1. The molecule has 2 aliphatic rings. The van der Waals surface area contributed by atoms with Crippen molar-refractivity contribution in [2.24, 2.45) is 5.92 Å². The van der Waals surface area contributed by atoms with Gasteiger partial charge in [-0.3, -0.25) is 9.69 Å². The van der Waals surface area contributed by atoms with Crippen LogP contribution < -0.4 is 0 Å². The van der Waals surface area contributed by atoms with E-state index in [2.05, 4.69) is 40.4 Å². The number of amides is 1. The predicted molar refractivity (Wildman–Crippen MR) is 104 cm³/mol. The van der Waals surface area contributed by atoms with Gasteiger partial charge in [-0.25, -0.2) is 0 Å². The van der Waals surface area contributed by atoms with Gasteiger partial charge in [-0.2, -0.15) is 0 Å². The molecular formula is C22H29N3O2. The van der Waals surface area contributed by atoms with E-state index in [1.54, 1.807) is 0 Å². The molecule has 2 atom stereocenters. The highest BCUT2D eigenvalue weighted by molar-refractivity contribution is 5.92. The highest BCUT2D eigenvalue weighted by Crippen LogP contribution is 2.32. The van der Waals surface area contributed by atoms with Crippen molar-refractivity contribution >= 4 is 5.91 Å². The first-order valence-electron chi connectivity index (χ1n) is 10.2. The lowest BCUT2D eigenvalue weighted by Gasteiger charge is -2.47. The molecular weight excluding hydrogens is 338 g/mol. The summed E-state index contributed by atoms with van der Waals surface area (Å²) in [5.41, 5.74) is 1.83. The van der Waals surface area contributed by atoms with E-state index < -0.39 is 0 Å². The zero-order valence-corrected chi connectivity index (χ0v) is 16.3. The van der Waals surface area contributed by atoms with E-state index in [4.69, 9.17) is 4.52 Å². The van der Waals surface area contributed by atoms with Crippen molar-refractivity contribution in [3.63, 3.8) is 0 Å². The first kappa shape index (κ1) is 18.2. The van der Waals surface area contributed by atoms with Gasteiger partial charge < -0.3 is 9.42 Å². The van der Waals surface area contributed by atoms with Crippen LogP contribution >= 0.6 is 0 Å². The van der Waals surface area contributed by atoms with Gasteiger partial charge in [0.2, 0.25) is 0 Å². The van der Waals surface area contributed by atoms with E-state index in [0.717, 1.165) is 38.4 Å². The maximum atomic E-state index is 12.9. The molecule has 0 saturated carbocycles. The summed E-state index contributed by atoms with van der Waals surface area (Å²) in [6.45, 7) is 7.89. The highest BCUT2D eigenvalue weighted by Gasteiger charge is 2.37. The summed E-state index contributed by atoms with van der Waals surface area (Å²) in [6, 6.07) is 13.1. The van der Waals surface area contributed by atoms with Crippen molar-refractivity contribution < 1.29 is 9.32 Å². The second-order valence-electron chi connectivity index (χ2n) is 8.23. The van der Waals surface area contributed by atoms with Gasteiger partial charge in [0, 0.05) is 37.7 Å². The number of hydrogen-bond donors (Lipinski definition) is 0. The minimum atomic E-state index is 0.0179. The van der Waals surface area contributed by atoms with Crippen molar-refractivity contribution in [3.05, 3.63) is 53.4 Å². The Morgan fingerprint density at radius 2 is 2.04 bits per heavy atom. The molecule has 1 aromatic heterocycles. The van der Waals surface area contributed by atoms with E-state index >= 15 is 0 Å². The van der Waals surface area contributed by atoms with Crippen molar-refractivity contribution in [2.45, 2.75) is 51.6 Å². The second kappa shape index (κ2) is 7.85. The monoisotopic (exact) mass is 367 g/mol. The van der Waals surface area contributed by atoms with E-state index in [-0.39, 0.29) is 11.8 Å². The Balaban J connectivity index is 1.41. The maximum absolute atomic E-state index is 12.9. The fourth-order valence-electron chi connectivity index (χ4n) is 4.53. The molecule has 2 saturated heterocycles. The van der Waals surface area contributed by atoms with Crippen LogP contribution in [0.4, 0.5) is 0 Å². The number of aromatic nitrogens is 1. The van der Waals surface area contributed by atoms with Crippen molar-refractivity contribution in [3.8, 4) is 0 Å². The highest BCUT2D eigenvalue weighted by atomic mass is 16.5. The van der Waals surface area contributed by atoms with Gasteiger partial charge in [-0.1, -0.05) is 49.3 Å². The first-order valence-corrected chi connectivity index (χ1v) is 10.2. The summed E-state index contributed by atoms with van der Waals surface area (Å²) in [4.78, 5) is 17.5. The number of carbonyl (C=O) groups is 1. The molecule has 144 valence electrons. The molecule has 2 aliphatic heterocycles. The van der Waals surface area contributed by atoms with Gasteiger partial charge in [-0.05, 0) is 37.3 Å². The molecule has 4 rings (SSSR count). The maximum Gasteiger partial charge on any atom is 0.276 e. The van der Waals surface area contributed by atoms with Gasteiger partial charge in [0.15, 0.2) is 5.69 Å². The zero-order valence-electron chi connectivity index (χ0n) is 16.3. The van der Waals surface area contributed by atoms with E-state index in [9.17, 15) is 4.79 Å². The third-order valence-electron chi connectivity index (χ3n) is 6.02. The standard InChI is InChI=1S/C22H29N3O2/c1-16(2)21-13-19(23-27-21)22(26)25-12-10-20-18(15-25)9-6-11-24(20)14-17-7-4-3-5-8-17/h3-5,7-8,13,16,18,20H,6,9-12,14-15H2,1-2H3/t18-,20+/m0/s1. The quantitative estimate of drug-likeness (QED) is 0.822. The third-order valence-corrected chi connectivity index (χ3v) is 6.02. The lowest BCUT2D eigenvalue weighted by Crippen LogP contribution is -2.54. The van der Waals surface area contributed by atoms with Crippen LogP contribution in [-0.2, 0) is 6.54 Å². The van der Waals surface area contributed by atoms with Gasteiger partial charge in [-0.15, -0.1) is 0 Å². The van der Waals surface area contributed by atoms with E-state index in [1.807, 2.05) is 24.8 Å². The molecule has 0 spiro atoms. The fourth-order valence-corrected chi connectivity index (χ4v) is 4.53.